The monoisotopic (exact) mass is 330 g/mol. The van der Waals surface area contributed by atoms with E-state index in [4.69, 9.17) is 22.1 Å². The number of benzene rings is 1. The molecule has 0 aliphatic rings. The van der Waals surface area contributed by atoms with Crippen molar-refractivity contribution in [3.63, 3.8) is 0 Å². The minimum Gasteiger partial charge on any atom is -0.439 e. The number of nitrogens with zero attached hydrogens (tertiary/aromatic N) is 1. The molecule has 0 aliphatic carbocycles. The number of rotatable bonds is 3. The summed E-state index contributed by atoms with van der Waals surface area (Å²) < 4.78 is 19.3. The molecule has 0 aliphatic heterocycles. The van der Waals surface area contributed by atoms with Crippen LogP contribution in [0.3, 0.4) is 0 Å². The van der Waals surface area contributed by atoms with Crippen LogP contribution in [0.2, 0.25) is 5.02 Å². The van der Waals surface area contributed by atoms with Crippen molar-refractivity contribution in [3.8, 4) is 11.6 Å². The van der Waals surface area contributed by atoms with Crippen LogP contribution in [0.5, 0.6) is 11.6 Å². The maximum atomic E-state index is 13.0. The minimum absolute atomic E-state index is 0.00101. The lowest BCUT2D eigenvalue weighted by Gasteiger charge is -2.09. The third-order valence-electron chi connectivity index (χ3n) is 2.22. The van der Waals surface area contributed by atoms with Crippen LogP contribution in [0.15, 0.2) is 34.9 Å². The van der Waals surface area contributed by atoms with Gasteiger partial charge in [-0.2, -0.15) is 0 Å². The minimum atomic E-state index is -0.494. The predicted octanol–water partition coefficient (Wildman–Crippen LogP) is 3.89. The Morgan fingerprint density at radius 2 is 2.17 bits per heavy atom. The normalized spacial score (nSPS) is 10.4. The molecule has 0 spiro atoms. The number of pyridine rings is 1. The van der Waals surface area contributed by atoms with E-state index in [1.807, 2.05) is 6.07 Å². The van der Waals surface area contributed by atoms with Crippen LogP contribution in [0.4, 0.5) is 4.39 Å². The van der Waals surface area contributed by atoms with Gasteiger partial charge in [-0.15, -0.1) is 0 Å². The largest absolute Gasteiger partial charge is 0.439 e. The van der Waals surface area contributed by atoms with Crippen molar-refractivity contribution in [3.05, 3.63) is 51.3 Å². The molecule has 0 fully saturated rings. The summed E-state index contributed by atoms with van der Waals surface area (Å²) >= 11 is 8.97. The fourth-order valence-corrected chi connectivity index (χ4v) is 1.91. The van der Waals surface area contributed by atoms with Crippen molar-refractivity contribution in [2.24, 2.45) is 5.73 Å². The Labute approximate surface area is 117 Å². The molecule has 0 atom stereocenters. The van der Waals surface area contributed by atoms with E-state index in [0.29, 0.717) is 11.6 Å². The SMILES string of the molecule is NCc1cc(Br)cnc1Oc1ccc(F)c(Cl)c1. The van der Waals surface area contributed by atoms with E-state index in [9.17, 15) is 4.39 Å². The number of halogens is 3. The van der Waals surface area contributed by atoms with Gasteiger partial charge in [0.1, 0.15) is 11.6 Å². The predicted molar refractivity (Wildman–Crippen MR) is 71.3 cm³/mol. The molecule has 2 rings (SSSR count). The Hall–Kier alpha value is -1.17. The molecule has 1 aromatic carbocycles. The fourth-order valence-electron chi connectivity index (χ4n) is 1.36. The van der Waals surface area contributed by atoms with Gasteiger partial charge in [0.05, 0.1) is 5.02 Å². The molecule has 6 heteroatoms. The maximum absolute atomic E-state index is 13.0. The van der Waals surface area contributed by atoms with Crippen molar-refractivity contribution in [2.75, 3.05) is 0 Å². The van der Waals surface area contributed by atoms with E-state index in [1.54, 1.807) is 6.20 Å². The molecule has 0 amide bonds. The Kier molecular flexibility index (Phi) is 4.16. The molecular weight excluding hydrogens is 323 g/mol. The van der Waals surface area contributed by atoms with Crippen LogP contribution < -0.4 is 10.5 Å². The van der Waals surface area contributed by atoms with Crippen molar-refractivity contribution in [1.82, 2.24) is 4.98 Å². The van der Waals surface area contributed by atoms with E-state index in [1.165, 1.54) is 18.2 Å². The lowest BCUT2D eigenvalue weighted by Crippen LogP contribution is -2.01. The number of aromatic nitrogens is 1. The van der Waals surface area contributed by atoms with Gasteiger partial charge in [-0.3, -0.25) is 0 Å². The molecule has 0 saturated carbocycles. The highest BCUT2D eigenvalue weighted by atomic mass is 79.9. The summed E-state index contributed by atoms with van der Waals surface area (Å²) in [7, 11) is 0. The average Bonchev–Trinajstić information content (AvgIpc) is 2.36. The van der Waals surface area contributed by atoms with Crippen molar-refractivity contribution in [1.29, 1.82) is 0 Å². The topological polar surface area (TPSA) is 48.1 Å². The summed E-state index contributed by atoms with van der Waals surface area (Å²) in [5.41, 5.74) is 6.34. The number of hydrogen-bond acceptors (Lipinski definition) is 3. The summed E-state index contributed by atoms with van der Waals surface area (Å²) in [6.07, 6.45) is 1.60. The van der Waals surface area contributed by atoms with Gasteiger partial charge in [-0.1, -0.05) is 11.6 Å². The Morgan fingerprint density at radius 3 is 2.83 bits per heavy atom. The van der Waals surface area contributed by atoms with E-state index in [2.05, 4.69) is 20.9 Å². The molecular formula is C12H9BrClFN2O. The molecule has 3 nitrogen and oxygen atoms in total. The highest BCUT2D eigenvalue weighted by Crippen LogP contribution is 2.28. The van der Waals surface area contributed by atoms with Crippen LogP contribution in [0.1, 0.15) is 5.56 Å². The molecule has 0 saturated heterocycles. The summed E-state index contributed by atoms with van der Waals surface area (Å²) in [5.74, 6) is 0.293. The highest BCUT2D eigenvalue weighted by molar-refractivity contribution is 9.10. The Morgan fingerprint density at radius 1 is 1.39 bits per heavy atom. The molecule has 1 heterocycles. The quantitative estimate of drug-likeness (QED) is 0.928. The zero-order valence-corrected chi connectivity index (χ0v) is 11.5. The second-order valence-corrected chi connectivity index (χ2v) is 4.82. The third-order valence-corrected chi connectivity index (χ3v) is 2.94. The molecule has 0 unspecified atom stereocenters. The van der Waals surface area contributed by atoms with Gasteiger partial charge in [-0.05, 0) is 34.1 Å². The first-order valence-corrected chi connectivity index (χ1v) is 6.24. The van der Waals surface area contributed by atoms with Gasteiger partial charge in [0.25, 0.3) is 0 Å². The van der Waals surface area contributed by atoms with Gasteiger partial charge in [0.2, 0.25) is 5.88 Å². The molecule has 0 radical (unpaired) electrons. The van der Waals surface area contributed by atoms with Gasteiger partial charge in [0.15, 0.2) is 0 Å². The molecule has 94 valence electrons. The maximum Gasteiger partial charge on any atom is 0.223 e. The summed E-state index contributed by atoms with van der Waals surface area (Å²) in [6, 6.07) is 5.91. The van der Waals surface area contributed by atoms with E-state index < -0.39 is 5.82 Å². The summed E-state index contributed by atoms with van der Waals surface area (Å²) in [4.78, 5) is 4.11. The first-order valence-electron chi connectivity index (χ1n) is 5.07. The Bertz CT molecular complexity index is 580. The number of ether oxygens (including phenoxy) is 1. The van der Waals surface area contributed by atoms with Crippen molar-refractivity contribution >= 4 is 27.5 Å². The second-order valence-electron chi connectivity index (χ2n) is 3.50. The number of hydrogen-bond donors (Lipinski definition) is 1. The molecule has 1 aromatic heterocycles. The third kappa shape index (κ3) is 2.98. The Balaban J connectivity index is 2.30. The first-order chi connectivity index (χ1) is 8.60. The zero-order chi connectivity index (χ0) is 13.1. The zero-order valence-electron chi connectivity index (χ0n) is 9.16. The van der Waals surface area contributed by atoms with Crippen LogP contribution in [-0.4, -0.2) is 4.98 Å². The van der Waals surface area contributed by atoms with Gasteiger partial charge in [0, 0.05) is 28.8 Å². The van der Waals surface area contributed by atoms with Crippen LogP contribution >= 0.6 is 27.5 Å². The van der Waals surface area contributed by atoms with E-state index in [-0.39, 0.29) is 11.6 Å². The van der Waals surface area contributed by atoms with Crippen LogP contribution in [0.25, 0.3) is 0 Å². The van der Waals surface area contributed by atoms with Crippen LogP contribution in [-0.2, 0) is 6.54 Å². The highest BCUT2D eigenvalue weighted by Gasteiger charge is 2.08. The van der Waals surface area contributed by atoms with Crippen molar-refractivity contribution < 1.29 is 9.13 Å². The fraction of sp³-hybridized carbons (Fsp3) is 0.0833. The smallest absolute Gasteiger partial charge is 0.223 e. The van der Waals surface area contributed by atoms with Crippen molar-refractivity contribution in [2.45, 2.75) is 6.54 Å². The lowest BCUT2D eigenvalue weighted by molar-refractivity contribution is 0.454. The second kappa shape index (κ2) is 5.65. The van der Waals surface area contributed by atoms with Gasteiger partial charge < -0.3 is 10.5 Å². The lowest BCUT2D eigenvalue weighted by atomic mass is 10.2. The first kappa shape index (κ1) is 13.3. The summed E-state index contributed by atoms with van der Waals surface area (Å²) in [5, 5.41) is -0.00101. The van der Waals surface area contributed by atoms with E-state index >= 15 is 0 Å². The average molecular weight is 332 g/mol. The van der Waals surface area contributed by atoms with Gasteiger partial charge in [-0.25, -0.2) is 9.37 Å². The number of nitrogens with two attached hydrogens (primary N) is 1. The van der Waals surface area contributed by atoms with Crippen LogP contribution in [0, 0.1) is 5.82 Å². The molecule has 2 aromatic rings. The molecule has 18 heavy (non-hydrogen) atoms. The van der Waals surface area contributed by atoms with Gasteiger partial charge >= 0.3 is 0 Å². The summed E-state index contributed by atoms with van der Waals surface area (Å²) in [6.45, 7) is 0.288. The molecule has 0 bridgehead atoms. The standard InChI is InChI=1S/C12H9BrClFN2O/c13-8-3-7(5-16)12(17-6-8)18-9-1-2-11(15)10(14)4-9/h1-4,6H,5,16H2. The molecule has 2 N–H and O–H groups in total. The van der Waals surface area contributed by atoms with E-state index in [0.717, 1.165) is 10.0 Å².